The van der Waals surface area contributed by atoms with Crippen LogP contribution in [0.4, 0.5) is 0 Å². The number of aryl methyl sites for hydroxylation is 1. The van der Waals surface area contributed by atoms with E-state index in [4.69, 9.17) is 4.74 Å². The minimum absolute atomic E-state index is 0.242. The van der Waals surface area contributed by atoms with Crippen molar-refractivity contribution >= 4 is 12.1 Å². The minimum Gasteiger partial charge on any atom is -0.489 e. The van der Waals surface area contributed by atoms with Gasteiger partial charge in [-0.1, -0.05) is 60.2 Å². The highest BCUT2D eigenvalue weighted by atomic mass is 16.5. The summed E-state index contributed by atoms with van der Waals surface area (Å²) in [5, 5.41) is 4.01. The third-order valence-corrected chi connectivity index (χ3v) is 3.80. The SMILES string of the molecule is Cc1ccc(COc2cccc(C=NNC(=O)c3ccccc3)c2)cc1. The van der Waals surface area contributed by atoms with Crippen LogP contribution >= 0.6 is 0 Å². The Morgan fingerprint density at radius 2 is 1.77 bits per heavy atom. The molecule has 0 aromatic heterocycles. The van der Waals surface area contributed by atoms with Gasteiger partial charge in [0.15, 0.2) is 0 Å². The zero-order chi connectivity index (χ0) is 18.2. The van der Waals surface area contributed by atoms with Gasteiger partial charge in [0.2, 0.25) is 0 Å². The third kappa shape index (κ3) is 5.05. The van der Waals surface area contributed by atoms with Crippen LogP contribution in [0, 0.1) is 6.92 Å². The van der Waals surface area contributed by atoms with Crippen LogP contribution in [0.1, 0.15) is 27.0 Å². The number of nitrogens with zero attached hydrogens (tertiary/aromatic N) is 1. The largest absolute Gasteiger partial charge is 0.489 e. The highest BCUT2D eigenvalue weighted by molar-refractivity contribution is 5.94. The first-order valence-corrected chi connectivity index (χ1v) is 8.37. The van der Waals surface area contributed by atoms with Crippen molar-refractivity contribution in [1.29, 1.82) is 0 Å². The molecule has 0 radical (unpaired) electrons. The predicted octanol–water partition coefficient (Wildman–Crippen LogP) is 4.34. The number of benzene rings is 3. The van der Waals surface area contributed by atoms with Gasteiger partial charge in [0.25, 0.3) is 5.91 Å². The number of ether oxygens (including phenoxy) is 1. The molecule has 3 rings (SSSR count). The molecule has 3 aromatic rings. The van der Waals surface area contributed by atoms with Crippen molar-refractivity contribution in [3.63, 3.8) is 0 Å². The summed E-state index contributed by atoms with van der Waals surface area (Å²) in [5.74, 6) is 0.512. The number of hydrazone groups is 1. The first-order chi connectivity index (χ1) is 12.7. The molecular weight excluding hydrogens is 324 g/mol. The Kier molecular flexibility index (Phi) is 5.78. The molecule has 0 aliphatic carbocycles. The smallest absolute Gasteiger partial charge is 0.271 e. The standard InChI is InChI=1S/C22H20N2O2/c1-17-10-12-18(13-11-17)16-26-21-9-5-6-19(14-21)15-23-24-22(25)20-7-3-2-4-8-20/h2-15H,16H2,1H3,(H,24,25). The summed E-state index contributed by atoms with van der Waals surface area (Å²) in [7, 11) is 0. The van der Waals surface area contributed by atoms with Gasteiger partial charge in [-0.2, -0.15) is 5.10 Å². The number of rotatable bonds is 6. The molecule has 0 fully saturated rings. The van der Waals surface area contributed by atoms with E-state index in [0.29, 0.717) is 12.2 Å². The maximum absolute atomic E-state index is 11.9. The second kappa shape index (κ2) is 8.62. The quantitative estimate of drug-likeness (QED) is 0.534. The van der Waals surface area contributed by atoms with Crippen LogP contribution in [-0.4, -0.2) is 12.1 Å². The van der Waals surface area contributed by atoms with Gasteiger partial charge in [0.05, 0.1) is 6.21 Å². The molecule has 130 valence electrons. The first-order valence-electron chi connectivity index (χ1n) is 8.37. The third-order valence-electron chi connectivity index (χ3n) is 3.80. The van der Waals surface area contributed by atoms with Crippen molar-refractivity contribution in [2.75, 3.05) is 0 Å². The molecule has 4 heteroatoms. The van der Waals surface area contributed by atoms with Crippen LogP contribution in [-0.2, 0) is 6.61 Å². The van der Waals surface area contributed by atoms with Gasteiger partial charge in [0.1, 0.15) is 12.4 Å². The fourth-order valence-electron chi connectivity index (χ4n) is 2.36. The van der Waals surface area contributed by atoms with E-state index in [1.54, 1.807) is 18.3 Å². The maximum Gasteiger partial charge on any atom is 0.271 e. The summed E-state index contributed by atoms with van der Waals surface area (Å²) in [6.45, 7) is 2.57. The Bertz CT molecular complexity index is 888. The molecule has 0 spiro atoms. The number of hydrogen-bond acceptors (Lipinski definition) is 3. The van der Waals surface area contributed by atoms with Crippen molar-refractivity contribution in [2.45, 2.75) is 13.5 Å². The van der Waals surface area contributed by atoms with Crippen molar-refractivity contribution < 1.29 is 9.53 Å². The van der Waals surface area contributed by atoms with Crippen LogP contribution < -0.4 is 10.2 Å². The molecule has 4 nitrogen and oxygen atoms in total. The van der Waals surface area contributed by atoms with Crippen LogP contribution in [0.2, 0.25) is 0 Å². The molecule has 1 amide bonds. The molecular formula is C22H20N2O2. The monoisotopic (exact) mass is 344 g/mol. The second-order valence-corrected chi connectivity index (χ2v) is 5.91. The highest BCUT2D eigenvalue weighted by Gasteiger charge is 2.02. The number of amides is 1. The molecule has 3 aromatic carbocycles. The normalized spacial score (nSPS) is 10.7. The van der Waals surface area contributed by atoms with E-state index in [1.807, 2.05) is 42.5 Å². The lowest BCUT2D eigenvalue weighted by molar-refractivity contribution is 0.0955. The molecule has 0 atom stereocenters. The average Bonchev–Trinajstić information content (AvgIpc) is 2.68. The Morgan fingerprint density at radius 3 is 2.54 bits per heavy atom. The van der Waals surface area contributed by atoms with E-state index >= 15 is 0 Å². The summed E-state index contributed by atoms with van der Waals surface area (Å²) in [5.41, 5.74) is 6.28. The van der Waals surface area contributed by atoms with Crippen molar-refractivity contribution in [2.24, 2.45) is 5.10 Å². The summed E-state index contributed by atoms with van der Waals surface area (Å²) >= 11 is 0. The van der Waals surface area contributed by atoms with Crippen LogP contribution in [0.15, 0.2) is 84.0 Å². The van der Waals surface area contributed by atoms with E-state index < -0.39 is 0 Å². The molecule has 0 unspecified atom stereocenters. The number of hydrogen-bond donors (Lipinski definition) is 1. The summed E-state index contributed by atoms with van der Waals surface area (Å²) in [6, 6.07) is 24.8. The van der Waals surface area contributed by atoms with Crippen molar-refractivity contribution in [3.05, 3.63) is 101 Å². The van der Waals surface area contributed by atoms with Gasteiger partial charge in [-0.05, 0) is 42.3 Å². The van der Waals surface area contributed by atoms with Gasteiger partial charge in [-0.3, -0.25) is 4.79 Å². The zero-order valence-electron chi connectivity index (χ0n) is 14.6. The lowest BCUT2D eigenvalue weighted by Gasteiger charge is -2.07. The van der Waals surface area contributed by atoms with E-state index in [9.17, 15) is 4.79 Å². The van der Waals surface area contributed by atoms with Gasteiger partial charge >= 0.3 is 0 Å². The molecule has 26 heavy (non-hydrogen) atoms. The average molecular weight is 344 g/mol. The molecule has 0 aliphatic heterocycles. The van der Waals surface area contributed by atoms with Gasteiger partial charge < -0.3 is 4.74 Å². The molecule has 0 bridgehead atoms. The van der Waals surface area contributed by atoms with E-state index in [2.05, 4.69) is 41.7 Å². The fourth-order valence-corrected chi connectivity index (χ4v) is 2.36. The van der Waals surface area contributed by atoms with E-state index in [-0.39, 0.29) is 5.91 Å². The van der Waals surface area contributed by atoms with E-state index in [1.165, 1.54) is 5.56 Å². The number of carbonyl (C=O) groups is 1. The Hall–Kier alpha value is -3.40. The summed E-state index contributed by atoms with van der Waals surface area (Å²) < 4.78 is 5.82. The Labute approximate surface area is 153 Å². The van der Waals surface area contributed by atoms with Crippen LogP contribution in [0.3, 0.4) is 0 Å². The van der Waals surface area contributed by atoms with Gasteiger partial charge in [-0.25, -0.2) is 5.43 Å². The van der Waals surface area contributed by atoms with Crippen molar-refractivity contribution in [1.82, 2.24) is 5.43 Å². The van der Waals surface area contributed by atoms with Crippen LogP contribution in [0.5, 0.6) is 5.75 Å². The summed E-state index contributed by atoms with van der Waals surface area (Å²) in [6.07, 6.45) is 1.60. The second-order valence-electron chi connectivity index (χ2n) is 5.91. The predicted molar refractivity (Wildman–Crippen MR) is 103 cm³/mol. The van der Waals surface area contributed by atoms with Crippen molar-refractivity contribution in [3.8, 4) is 5.75 Å². The van der Waals surface area contributed by atoms with Gasteiger partial charge in [0, 0.05) is 5.56 Å². The molecule has 0 saturated heterocycles. The number of carbonyl (C=O) groups excluding carboxylic acids is 1. The zero-order valence-corrected chi connectivity index (χ0v) is 14.6. The maximum atomic E-state index is 11.9. The number of nitrogens with one attached hydrogen (secondary N) is 1. The first kappa shape index (κ1) is 17.4. The molecule has 0 saturated carbocycles. The fraction of sp³-hybridized carbons (Fsp3) is 0.0909. The van der Waals surface area contributed by atoms with E-state index in [0.717, 1.165) is 16.9 Å². The summed E-state index contributed by atoms with van der Waals surface area (Å²) in [4.78, 5) is 11.9. The molecule has 0 aliphatic rings. The molecule has 1 N–H and O–H groups in total. The van der Waals surface area contributed by atoms with Gasteiger partial charge in [-0.15, -0.1) is 0 Å². The highest BCUT2D eigenvalue weighted by Crippen LogP contribution is 2.14. The Morgan fingerprint density at radius 1 is 1.00 bits per heavy atom. The Balaban J connectivity index is 1.56. The minimum atomic E-state index is -0.242. The topological polar surface area (TPSA) is 50.7 Å². The lowest BCUT2D eigenvalue weighted by atomic mass is 10.2. The molecule has 0 heterocycles. The lowest BCUT2D eigenvalue weighted by Crippen LogP contribution is -2.17. The van der Waals surface area contributed by atoms with Crippen LogP contribution in [0.25, 0.3) is 0 Å².